The predicted molar refractivity (Wildman–Crippen MR) is 98.6 cm³/mol. The Morgan fingerprint density at radius 3 is 2.60 bits per heavy atom. The van der Waals surface area contributed by atoms with E-state index in [4.69, 9.17) is 10.5 Å². The Labute approximate surface area is 149 Å². The molecule has 0 saturated carbocycles. The van der Waals surface area contributed by atoms with Crippen LogP contribution in [0.15, 0.2) is 24.3 Å². The third kappa shape index (κ3) is 5.26. The first-order valence-corrected chi connectivity index (χ1v) is 8.61. The van der Waals surface area contributed by atoms with Gasteiger partial charge in [-0.25, -0.2) is 0 Å². The van der Waals surface area contributed by atoms with Gasteiger partial charge in [0, 0.05) is 31.0 Å². The van der Waals surface area contributed by atoms with Crippen molar-refractivity contribution in [2.24, 2.45) is 11.7 Å². The van der Waals surface area contributed by atoms with Crippen LogP contribution in [0.1, 0.15) is 13.8 Å². The predicted octanol–water partition coefficient (Wildman–Crippen LogP) is 0.903. The Morgan fingerprint density at radius 1 is 1.36 bits per heavy atom. The van der Waals surface area contributed by atoms with Crippen molar-refractivity contribution in [2.75, 3.05) is 50.1 Å². The van der Waals surface area contributed by atoms with E-state index in [2.05, 4.69) is 19.2 Å². The highest BCUT2D eigenvalue weighted by Gasteiger charge is 2.23. The molecule has 25 heavy (non-hydrogen) atoms. The number of hydrogen-bond donors (Lipinski definition) is 2. The average Bonchev–Trinajstić information content (AvgIpc) is 2.56. The number of carbonyl (C=O) groups excluding carboxylic acids is 2. The van der Waals surface area contributed by atoms with E-state index < -0.39 is 0 Å². The number of nitrogens with two attached hydrogens (primary N) is 1. The van der Waals surface area contributed by atoms with Gasteiger partial charge in [0.05, 0.1) is 6.61 Å². The minimum atomic E-state index is -0.372. The van der Waals surface area contributed by atoms with Gasteiger partial charge in [0.25, 0.3) is 5.91 Å². The fourth-order valence-corrected chi connectivity index (χ4v) is 2.93. The van der Waals surface area contributed by atoms with Gasteiger partial charge in [-0.2, -0.15) is 0 Å². The molecule has 1 aromatic carbocycles. The minimum Gasteiger partial charge on any atom is -0.370 e. The number of rotatable bonds is 7. The lowest BCUT2D eigenvalue weighted by Crippen LogP contribution is -2.47. The van der Waals surface area contributed by atoms with Crippen molar-refractivity contribution in [3.05, 3.63) is 24.3 Å². The quantitative estimate of drug-likeness (QED) is 0.764. The molecule has 1 saturated heterocycles. The van der Waals surface area contributed by atoms with E-state index >= 15 is 0 Å². The molecule has 0 aliphatic carbocycles. The van der Waals surface area contributed by atoms with Gasteiger partial charge < -0.3 is 20.7 Å². The largest absolute Gasteiger partial charge is 0.370 e. The third-order valence-electron chi connectivity index (χ3n) is 4.14. The van der Waals surface area contributed by atoms with E-state index in [0.717, 1.165) is 12.2 Å². The lowest BCUT2D eigenvalue weighted by atomic mass is 10.1. The summed E-state index contributed by atoms with van der Waals surface area (Å²) >= 11 is 0. The van der Waals surface area contributed by atoms with Crippen LogP contribution in [0.5, 0.6) is 0 Å². The second kappa shape index (κ2) is 8.94. The standard InChI is InChI=1S/C18H28N4O3/c1-13(2)11-21(3)16(10-19)18(24)20-14-4-6-15(7-5-14)22-8-9-25-12-17(22)23/h4-7,13,16H,8-12,19H2,1-3H3,(H,20,24)/t16-/m1/s1. The van der Waals surface area contributed by atoms with Crippen LogP contribution in [0.4, 0.5) is 11.4 Å². The van der Waals surface area contributed by atoms with E-state index in [1.54, 1.807) is 17.0 Å². The van der Waals surface area contributed by atoms with Crippen molar-refractivity contribution in [1.82, 2.24) is 4.90 Å². The summed E-state index contributed by atoms with van der Waals surface area (Å²) < 4.78 is 5.13. The molecular weight excluding hydrogens is 320 g/mol. The maximum atomic E-state index is 12.5. The number of likely N-dealkylation sites (N-methyl/N-ethyl adjacent to an activating group) is 1. The summed E-state index contributed by atoms with van der Waals surface area (Å²) in [7, 11) is 1.91. The highest BCUT2D eigenvalue weighted by molar-refractivity contribution is 5.97. The zero-order valence-corrected chi connectivity index (χ0v) is 15.2. The highest BCUT2D eigenvalue weighted by atomic mass is 16.5. The van der Waals surface area contributed by atoms with E-state index in [-0.39, 0.29) is 31.0 Å². The van der Waals surface area contributed by atoms with Crippen molar-refractivity contribution in [3.63, 3.8) is 0 Å². The fourth-order valence-electron chi connectivity index (χ4n) is 2.93. The van der Waals surface area contributed by atoms with Gasteiger partial charge in [-0.1, -0.05) is 13.8 Å². The molecule has 1 fully saturated rings. The monoisotopic (exact) mass is 348 g/mol. The summed E-state index contributed by atoms with van der Waals surface area (Å²) in [5.74, 6) is 0.277. The second-order valence-corrected chi connectivity index (χ2v) is 6.72. The number of amides is 2. The summed E-state index contributed by atoms with van der Waals surface area (Å²) in [6, 6.07) is 6.88. The minimum absolute atomic E-state index is 0.0541. The van der Waals surface area contributed by atoms with Crippen LogP contribution in [0, 0.1) is 5.92 Å². The van der Waals surface area contributed by atoms with E-state index in [0.29, 0.717) is 24.8 Å². The molecule has 0 aromatic heterocycles. The Bertz CT molecular complexity index is 588. The molecule has 2 rings (SSSR count). The topological polar surface area (TPSA) is 87.9 Å². The zero-order chi connectivity index (χ0) is 18.4. The van der Waals surface area contributed by atoms with Crippen LogP contribution in [-0.4, -0.2) is 62.7 Å². The lowest BCUT2D eigenvalue weighted by Gasteiger charge is -2.28. The zero-order valence-electron chi connectivity index (χ0n) is 15.2. The first-order chi connectivity index (χ1) is 11.9. The van der Waals surface area contributed by atoms with Gasteiger partial charge in [0.15, 0.2) is 0 Å². The van der Waals surface area contributed by atoms with Crippen LogP contribution in [0.2, 0.25) is 0 Å². The van der Waals surface area contributed by atoms with Crippen molar-refractivity contribution < 1.29 is 14.3 Å². The summed E-state index contributed by atoms with van der Waals surface area (Å²) in [5, 5.41) is 2.90. The number of ether oxygens (including phenoxy) is 1. The maximum absolute atomic E-state index is 12.5. The van der Waals surface area contributed by atoms with Gasteiger partial charge in [-0.05, 0) is 37.2 Å². The number of hydrogen-bond acceptors (Lipinski definition) is 5. The number of morpholine rings is 1. The Morgan fingerprint density at radius 2 is 2.04 bits per heavy atom. The SMILES string of the molecule is CC(C)CN(C)[C@H](CN)C(=O)Nc1ccc(N2CCOCC2=O)cc1. The smallest absolute Gasteiger partial charge is 0.253 e. The molecule has 3 N–H and O–H groups in total. The van der Waals surface area contributed by atoms with Crippen molar-refractivity contribution in [1.29, 1.82) is 0 Å². The number of anilines is 2. The summed E-state index contributed by atoms with van der Waals surface area (Å²) in [6.07, 6.45) is 0. The molecule has 1 aliphatic heterocycles. The summed E-state index contributed by atoms with van der Waals surface area (Å²) in [6.45, 7) is 6.45. The molecule has 2 amide bonds. The number of benzene rings is 1. The van der Waals surface area contributed by atoms with E-state index in [1.165, 1.54) is 0 Å². The molecule has 0 spiro atoms. The number of nitrogens with one attached hydrogen (secondary N) is 1. The molecule has 1 heterocycles. The molecule has 7 nitrogen and oxygen atoms in total. The molecule has 138 valence electrons. The third-order valence-corrected chi connectivity index (χ3v) is 4.14. The lowest BCUT2D eigenvalue weighted by molar-refractivity contribution is -0.125. The maximum Gasteiger partial charge on any atom is 0.253 e. The molecule has 7 heteroatoms. The molecule has 1 aliphatic rings. The van der Waals surface area contributed by atoms with Crippen molar-refractivity contribution >= 4 is 23.2 Å². The van der Waals surface area contributed by atoms with Crippen molar-refractivity contribution in [2.45, 2.75) is 19.9 Å². The van der Waals surface area contributed by atoms with Crippen molar-refractivity contribution in [3.8, 4) is 0 Å². The van der Waals surface area contributed by atoms with Gasteiger partial charge in [0.2, 0.25) is 5.91 Å². The Balaban J connectivity index is 1.99. The van der Waals surface area contributed by atoms with Crippen LogP contribution in [0.3, 0.4) is 0 Å². The van der Waals surface area contributed by atoms with Gasteiger partial charge in [-0.15, -0.1) is 0 Å². The molecule has 0 radical (unpaired) electrons. The number of nitrogens with zero attached hydrogens (tertiary/aromatic N) is 2. The Kier molecular flexibility index (Phi) is 6.92. The normalized spacial score (nSPS) is 16.4. The van der Waals surface area contributed by atoms with Gasteiger partial charge in [-0.3, -0.25) is 14.5 Å². The summed E-state index contributed by atoms with van der Waals surface area (Å²) in [5.41, 5.74) is 7.27. The molecule has 1 atom stereocenters. The first-order valence-electron chi connectivity index (χ1n) is 8.61. The molecular formula is C18H28N4O3. The Hall–Kier alpha value is -1.96. The van der Waals surface area contributed by atoms with Crippen LogP contribution in [0.25, 0.3) is 0 Å². The molecule has 0 bridgehead atoms. The summed E-state index contributed by atoms with van der Waals surface area (Å²) in [4.78, 5) is 28.0. The second-order valence-electron chi connectivity index (χ2n) is 6.72. The van der Waals surface area contributed by atoms with Crippen LogP contribution < -0.4 is 16.0 Å². The average molecular weight is 348 g/mol. The highest BCUT2D eigenvalue weighted by Crippen LogP contribution is 2.20. The van der Waals surface area contributed by atoms with Crippen LogP contribution in [-0.2, 0) is 14.3 Å². The van der Waals surface area contributed by atoms with E-state index in [1.807, 2.05) is 24.1 Å². The van der Waals surface area contributed by atoms with Gasteiger partial charge in [0.1, 0.15) is 12.6 Å². The van der Waals surface area contributed by atoms with Crippen LogP contribution >= 0.6 is 0 Å². The first kappa shape index (κ1) is 19.4. The number of carbonyl (C=O) groups is 2. The molecule has 0 unspecified atom stereocenters. The van der Waals surface area contributed by atoms with Gasteiger partial charge >= 0.3 is 0 Å². The van der Waals surface area contributed by atoms with E-state index in [9.17, 15) is 9.59 Å². The molecule has 1 aromatic rings. The fraction of sp³-hybridized carbons (Fsp3) is 0.556.